The van der Waals surface area contributed by atoms with Crippen molar-refractivity contribution in [3.8, 4) is 0 Å². The smallest absolute Gasteiger partial charge is 0.344 e. The van der Waals surface area contributed by atoms with E-state index in [1.807, 2.05) is 28.8 Å². The number of hydrogen-bond donors (Lipinski definition) is 1. The average molecular weight is 535 g/mol. The molecule has 2 aliphatic heterocycles. The summed E-state index contributed by atoms with van der Waals surface area (Å²) in [6.45, 7) is 7.27. The Balaban J connectivity index is 1.24. The Morgan fingerprint density at radius 1 is 1.10 bits per heavy atom. The lowest BCUT2D eigenvalue weighted by molar-refractivity contribution is -0.142. The SMILES string of the molecule is CC(=NOCC(=O)O)c1nc2ccccc2n(C2C[C@H]3CCC[C@@H](C2)N3CC[C@@H]2CC[C@H]3C[C@@H]2C3(C)C)c1=O. The van der Waals surface area contributed by atoms with Crippen LogP contribution in [0, 0.1) is 23.2 Å². The standard InChI is InChI=1S/C31H42N4O4/c1-19(33-39-18-28(36)37)29-30(38)35(27-10-5-4-9-26(27)32-29)24-16-22-7-6-8-23(17-24)34(22)14-13-20-11-12-21-15-25(20)31(21,2)3/h4-5,9-10,20-25H,6-8,11-18H2,1-3H3,(H,36,37)/t20-,21-,22-,23+,24?,25-/m0/s1. The molecule has 7 rings (SSSR count). The Kier molecular flexibility index (Phi) is 7.02. The second kappa shape index (κ2) is 10.3. The minimum Gasteiger partial charge on any atom is -0.479 e. The minimum atomic E-state index is -1.11. The van der Waals surface area contributed by atoms with Gasteiger partial charge in [-0.15, -0.1) is 0 Å². The summed E-state index contributed by atoms with van der Waals surface area (Å²) < 4.78 is 1.95. The van der Waals surface area contributed by atoms with Gasteiger partial charge in [-0.3, -0.25) is 9.69 Å². The van der Waals surface area contributed by atoms with E-state index in [9.17, 15) is 9.59 Å². The molecule has 5 aliphatic rings. The maximum absolute atomic E-state index is 13.9. The number of para-hydroxylation sites is 2. The van der Waals surface area contributed by atoms with Crippen LogP contribution in [0.2, 0.25) is 0 Å². The van der Waals surface area contributed by atoms with Crippen molar-refractivity contribution >= 4 is 22.7 Å². The Morgan fingerprint density at radius 3 is 2.54 bits per heavy atom. The van der Waals surface area contributed by atoms with E-state index in [0.717, 1.165) is 41.6 Å². The lowest BCUT2D eigenvalue weighted by Crippen LogP contribution is -2.55. The van der Waals surface area contributed by atoms with Gasteiger partial charge >= 0.3 is 5.97 Å². The van der Waals surface area contributed by atoms with Gasteiger partial charge in [-0.05, 0) is 100 Å². The normalized spacial score (nSPS) is 32.0. The summed E-state index contributed by atoms with van der Waals surface area (Å²) in [6, 6.07) is 8.91. The van der Waals surface area contributed by atoms with Crippen LogP contribution < -0.4 is 5.56 Å². The molecule has 0 spiro atoms. The van der Waals surface area contributed by atoms with E-state index in [4.69, 9.17) is 9.94 Å². The Labute approximate surface area is 230 Å². The monoisotopic (exact) mass is 534 g/mol. The molecule has 0 amide bonds. The number of hydrogen-bond acceptors (Lipinski definition) is 6. The van der Waals surface area contributed by atoms with Gasteiger partial charge in [-0.1, -0.05) is 37.6 Å². The first kappa shape index (κ1) is 26.5. The number of aliphatic carboxylic acids is 1. The summed E-state index contributed by atoms with van der Waals surface area (Å²) in [5.41, 5.74) is 2.48. The largest absolute Gasteiger partial charge is 0.479 e. The van der Waals surface area contributed by atoms with Gasteiger partial charge in [0.2, 0.25) is 6.61 Å². The zero-order valence-corrected chi connectivity index (χ0v) is 23.5. The number of benzene rings is 1. The van der Waals surface area contributed by atoms with Crippen molar-refractivity contribution in [3.05, 3.63) is 40.3 Å². The first-order valence-corrected chi connectivity index (χ1v) is 14.9. The molecule has 4 bridgehead atoms. The van der Waals surface area contributed by atoms with E-state index in [0.29, 0.717) is 23.2 Å². The van der Waals surface area contributed by atoms with Crippen LogP contribution in [0.4, 0.5) is 0 Å². The topological polar surface area (TPSA) is 97.0 Å². The van der Waals surface area contributed by atoms with Crippen LogP contribution in [0.15, 0.2) is 34.2 Å². The number of carboxylic acids is 1. The number of oxime groups is 1. The molecule has 1 aromatic carbocycles. The molecule has 8 heteroatoms. The zero-order valence-electron chi connectivity index (χ0n) is 23.5. The highest BCUT2D eigenvalue weighted by Gasteiger charge is 2.54. The quantitative estimate of drug-likeness (QED) is 0.367. The predicted octanol–water partition coefficient (Wildman–Crippen LogP) is 5.24. The van der Waals surface area contributed by atoms with E-state index in [2.05, 4.69) is 28.9 Å². The molecule has 8 nitrogen and oxygen atoms in total. The predicted molar refractivity (Wildman–Crippen MR) is 151 cm³/mol. The van der Waals surface area contributed by atoms with Gasteiger partial charge in [0, 0.05) is 18.1 Å². The van der Waals surface area contributed by atoms with Gasteiger partial charge in [0.05, 0.1) is 11.0 Å². The third-order valence-electron chi connectivity index (χ3n) is 10.8. The van der Waals surface area contributed by atoms with E-state index in [1.165, 1.54) is 51.5 Å². The van der Waals surface area contributed by atoms with E-state index >= 15 is 0 Å². The summed E-state index contributed by atoms with van der Waals surface area (Å²) in [6.07, 6.45) is 11.2. The fourth-order valence-corrected chi connectivity index (χ4v) is 8.63. The molecule has 1 unspecified atom stereocenters. The number of piperidine rings is 2. The number of rotatable bonds is 8. The van der Waals surface area contributed by atoms with Crippen LogP contribution in [0.3, 0.4) is 0 Å². The van der Waals surface area contributed by atoms with Crippen molar-refractivity contribution in [2.45, 2.75) is 96.7 Å². The highest BCUT2D eigenvalue weighted by molar-refractivity contribution is 5.97. The molecule has 1 aromatic heterocycles. The van der Waals surface area contributed by atoms with Gasteiger partial charge in [0.1, 0.15) is 5.71 Å². The lowest BCUT2D eigenvalue weighted by Gasteiger charge is -2.60. The Hall–Kier alpha value is -2.74. The second-order valence-corrected chi connectivity index (χ2v) is 13.1. The highest BCUT2D eigenvalue weighted by atomic mass is 16.6. The summed E-state index contributed by atoms with van der Waals surface area (Å²) in [7, 11) is 0. The van der Waals surface area contributed by atoms with Crippen LogP contribution >= 0.6 is 0 Å². The van der Waals surface area contributed by atoms with Crippen LogP contribution in [0.25, 0.3) is 11.0 Å². The van der Waals surface area contributed by atoms with Crippen molar-refractivity contribution in [2.24, 2.45) is 28.3 Å². The molecule has 2 aromatic rings. The molecule has 210 valence electrons. The maximum atomic E-state index is 13.9. The number of nitrogens with zero attached hydrogens (tertiary/aromatic N) is 4. The molecule has 5 fully saturated rings. The van der Waals surface area contributed by atoms with Gasteiger partial charge in [0.15, 0.2) is 5.69 Å². The van der Waals surface area contributed by atoms with Crippen LogP contribution in [-0.4, -0.2) is 56.5 Å². The first-order valence-electron chi connectivity index (χ1n) is 14.9. The molecule has 3 saturated carbocycles. The van der Waals surface area contributed by atoms with Gasteiger partial charge in [0.25, 0.3) is 5.56 Å². The van der Waals surface area contributed by atoms with E-state index in [-0.39, 0.29) is 17.3 Å². The summed E-state index contributed by atoms with van der Waals surface area (Å²) >= 11 is 0. The van der Waals surface area contributed by atoms with E-state index in [1.54, 1.807) is 6.92 Å². The summed E-state index contributed by atoms with van der Waals surface area (Å²) in [4.78, 5) is 37.1. The third-order valence-corrected chi connectivity index (χ3v) is 10.8. The number of fused-ring (bicyclic) bond motifs is 5. The van der Waals surface area contributed by atoms with Crippen LogP contribution in [0.5, 0.6) is 0 Å². The van der Waals surface area contributed by atoms with Crippen LogP contribution in [-0.2, 0) is 9.63 Å². The fourth-order valence-electron chi connectivity index (χ4n) is 8.63. The lowest BCUT2D eigenvalue weighted by atomic mass is 9.45. The van der Waals surface area contributed by atoms with Crippen molar-refractivity contribution in [2.75, 3.05) is 13.2 Å². The molecule has 39 heavy (non-hydrogen) atoms. The molecule has 6 atom stereocenters. The molecule has 1 N–H and O–H groups in total. The summed E-state index contributed by atoms with van der Waals surface area (Å²) in [5.74, 6) is 1.60. The second-order valence-electron chi connectivity index (χ2n) is 13.1. The van der Waals surface area contributed by atoms with Crippen LogP contribution in [0.1, 0.15) is 90.3 Å². The third kappa shape index (κ3) is 4.79. The van der Waals surface area contributed by atoms with Gasteiger partial charge in [-0.25, -0.2) is 9.78 Å². The summed E-state index contributed by atoms with van der Waals surface area (Å²) in [5, 5.41) is 12.8. The Bertz CT molecular complexity index is 1320. The number of aromatic nitrogens is 2. The highest BCUT2D eigenvalue weighted by Crippen LogP contribution is 2.62. The Morgan fingerprint density at radius 2 is 1.85 bits per heavy atom. The molecule has 2 saturated heterocycles. The minimum absolute atomic E-state index is 0.101. The molecular weight excluding hydrogens is 492 g/mol. The molecule has 3 heterocycles. The van der Waals surface area contributed by atoms with Crippen molar-refractivity contribution in [1.29, 1.82) is 0 Å². The fraction of sp³-hybridized carbons (Fsp3) is 0.677. The first-order chi connectivity index (χ1) is 18.7. The number of carbonyl (C=O) groups is 1. The van der Waals surface area contributed by atoms with Gasteiger partial charge < -0.3 is 14.5 Å². The molecule has 0 radical (unpaired) electrons. The number of carboxylic acid groups (broad SMARTS) is 1. The van der Waals surface area contributed by atoms with E-state index < -0.39 is 12.6 Å². The maximum Gasteiger partial charge on any atom is 0.344 e. The zero-order chi connectivity index (χ0) is 27.3. The molecular formula is C31H42N4O4. The molecule has 3 aliphatic carbocycles. The van der Waals surface area contributed by atoms with Crippen molar-refractivity contribution in [1.82, 2.24) is 14.5 Å². The van der Waals surface area contributed by atoms with Crippen molar-refractivity contribution in [3.63, 3.8) is 0 Å². The van der Waals surface area contributed by atoms with Crippen molar-refractivity contribution < 1.29 is 14.7 Å². The average Bonchev–Trinajstić information content (AvgIpc) is 2.91. The van der Waals surface area contributed by atoms with Gasteiger partial charge in [-0.2, -0.15) is 0 Å².